The monoisotopic (exact) mass is 515 g/mol. The molecule has 1 aliphatic rings. The van der Waals surface area contributed by atoms with E-state index in [0.717, 1.165) is 59.2 Å². The minimum absolute atomic E-state index is 0.0697. The van der Waals surface area contributed by atoms with Crippen LogP contribution in [-0.4, -0.2) is 35.1 Å². The first-order valence-corrected chi connectivity index (χ1v) is 13.0. The van der Waals surface area contributed by atoms with Crippen LogP contribution >= 0.6 is 11.6 Å². The molecule has 7 heteroatoms. The minimum atomic E-state index is -0.888. The zero-order valence-electron chi connectivity index (χ0n) is 20.5. The van der Waals surface area contributed by atoms with Gasteiger partial charge in [-0.05, 0) is 66.3 Å². The highest BCUT2D eigenvalue weighted by molar-refractivity contribution is 6.30. The predicted molar refractivity (Wildman–Crippen MR) is 147 cm³/mol. The van der Waals surface area contributed by atoms with Crippen molar-refractivity contribution in [2.45, 2.75) is 38.1 Å². The predicted octanol–water partition coefficient (Wildman–Crippen LogP) is 5.89. The molecular weight excluding hydrogens is 486 g/mol. The molecule has 0 aliphatic carbocycles. The molecule has 3 aromatic carbocycles. The topological polar surface area (TPSA) is 85.4 Å². The largest absolute Gasteiger partial charge is 0.481 e. The molecule has 1 aromatic heterocycles. The summed E-state index contributed by atoms with van der Waals surface area (Å²) in [6, 6.07) is 21.2. The number of aromatic amines is 1. The molecule has 0 saturated carbocycles. The maximum absolute atomic E-state index is 13.4. The Morgan fingerprint density at radius 3 is 2.51 bits per heavy atom. The number of hydrogen-bond donors (Lipinski definition) is 3. The van der Waals surface area contributed by atoms with Crippen LogP contribution in [0.25, 0.3) is 10.9 Å². The van der Waals surface area contributed by atoms with E-state index in [-0.39, 0.29) is 24.8 Å². The van der Waals surface area contributed by atoms with E-state index in [4.69, 9.17) is 11.6 Å². The molecule has 1 fully saturated rings. The van der Waals surface area contributed by atoms with Crippen LogP contribution in [0.3, 0.4) is 0 Å². The number of piperidine rings is 1. The number of H-pyrrole nitrogens is 1. The minimum Gasteiger partial charge on any atom is -0.481 e. The first-order chi connectivity index (χ1) is 18.0. The number of carboxylic acids is 1. The van der Waals surface area contributed by atoms with Gasteiger partial charge in [0.05, 0.1) is 18.9 Å². The molecule has 1 unspecified atom stereocenters. The van der Waals surface area contributed by atoms with Gasteiger partial charge in [0.25, 0.3) is 0 Å². The first kappa shape index (κ1) is 24.9. The smallest absolute Gasteiger partial charge is 0.307 e. The van der Waals surface area contributed by atoms with Crippen LogP contribution < -0.4 is 10.2 Å². The number of fused-ring (bicyclic) bond motifs is 1. The van der Waals surface area contributed by atoms with Crippen molar-refractivity contribution in [2.75, 3.05) is 18.0 Å². The van der Waals surface area contributed by atoms with Crippen LogP contribution in [-0.2, 0) is 22.4 Å². The third-order valence-electron chi connectivity index (χ3n) is 6.97. The fourth-order valence-electron chi connectivity index (χ4n) is 5.21. The van der Waals surface area contributed by atoms with Gasteiger partial charge in [-0.3, -0.25) is 9.59 Å². The molecule has 0 bridgehead atoms. The molecule has 0 spiro atoms. The second kappa shape index (κ2) is 11.1. The second-order valence-electron chi connectivity index (χ2n) is 9.60. The van der Waals surface area contributed by atoms with Crippen molar-refractivity contribution in [3.05, 3.63) is 100 Å². The van der Waals surface area contributed by atoms with E-state index >= 15 is 0 Å². The van der Waals surface area contributed by atoms with Gasteiger partial charge in [0.2, 0.25) is 5.91 Å². The van der Waals surface area contributed by atoms with Crippen LogP contribution in [0.15, 0.2) is 72.9 Å². The molecular formula is C30H30ClN3O3. The number of aromatic nitrogens is 1. The number of hydrogen-bond acceptors (Lipinski definition) is 3. The van der Waals surface area contributed by atoms with Gasteiger partial charge in [0.1, 0.15) is 0 Å². The highest BCUT2D eigenvalue weighted by atomic mass is 35.5. The summed E-state index contributed by atoms with van der Waals surface area (Å²) in [5, 5.41) is 13.9. The lowest BCUT2D eigenvalue weighted by molar-refractivity contribution is -0.136. The molecule has 37 heavy (non-hydrogen) atoms. The number of carbonyl (C=O) groups is 2. The molecule has 190 valence electrons. The van der Waals surface area contributed by atoms with Crippen LogP contribution in [0.4, 0.5) is 5.69 Å². The number of nitrogens with one attached hydrogen (secondary N) is 2. The van der Waals surface area contributed by atoms with Crippen molar-refractivity contribution in [1.82, 2.24) is 10.3 Å². The molecule has 1 saturated heterocycles. The summed E-state index contributed by atoms with van der Waals surface area (Å²) < 4.78 is 0. The maximum atomic E-state index is 13.4. The lowest BCUT2D eigenvalue weighted by Gasteiger charge is -2.33. The Labute approximate surface area is 221 Å². The number of benzene rings is 3. The summed E-state index contributed by atoms with van der Waals surface area (Å²) >= 11 is 6.47. The van der Waals surface area contributed by atoms with Crippen molar-refractivity contribution in [2.24, 2.45) is 0 Å². The maximum Gasteiger partial charge on any atom is 0.307 e. The summed E-state index contributed by atoms with van der Waals surface area (Å²) in [4.78, 5) is 30.2. The molecule has 1 atom stereocenters. The highest BCUT2D eigenvalue weighted by Gasteiger charge is 2.24. The van der Waals surface area contributed by atoms with Crippen molar-refractivity contribution < 1.29 is 14.7 Å². The molecule has 2 heterocycles. The van der Waals surface area contributed by atoms with Gasteiger partial charge in [-0.2, -0.15) is 0 Å². The Hall–Kier alpha value is -3.77. The number of carboxylic acid groups (broad SMARTS) is 1. The SMILES string of the molecule is O=C(O)Cc1c[nH]c2ccc(CC(=O)NC(c3ccccc3)c3cc(Cl)ccc3N3CCCCC3)cc12. The number of aliphatic carboxylic acids is 1. The fraction of sp³-hybridized carbons (Fsp3) is 0.267. The second-order valence-corrected chi connectivity index (χ2v) is 10.0. The Bertz CT molecular complexity index is 1410. The number of nitrogens with zero attached hydrogens (tertiary/aromatic N) is 1. The normalized spacial score (nSPS) is 14.5. The lowest BCUT2D eigenvalue weighted by Crippen LogP contribution is -2.34. The van der Waals surface area contributed by atoms with E-state index in [1.807, 2.05) is 60.7 Å². The van der Waals surface area contributed by atoms with E-state index in [0.29, 0.717) is 10.6 Å². The molecule has 3 N–H and O–H groups in total. The van der Waals surface area contributed by atoms with E-state index < -0.39 is 5.97 Å². The average Bonchev–Trinajstić information content (AvgIpc) is 3.29. The summed E-state index contributed by atoms with van der Waals surface area (Å²) in [6.07, 6.45) is 5.36. The fourth-order valence-corrected chi connectivity index (χ4v) is 5.39. The van der Waals surface area contributed by atoms with Gasteiger partial charge in [0.15, 0.2) is 0 Å². The van der Waals surface area contributed by atoms with Crippen molar-refractivity contribution in [3.8, 4) is 0 Å². The zero-order chi connectivity index (χ0) is 25.8. The number of halogens is 1. The van der Waals surface area contributed by atoms with Crippen molar-refractivity contribution >= 4 is 40.1 Å². The van der Waals surface area contributed by atoms with E-state index in [9.17, 15) is 14.7 Å². The van der Waals surface area contributed by atoms with Crippen molar-refractivity contribution in [1.29, 1.82) is 0 Å². The van der Waals surface area contributed by atoms with Gasteiger partial charge < -0.3 is 20.3 Å². The zero-order valence-corrected chi connectivity index (χ0v) is 21.3. The summed E-state index contributed by atoms with van der Waals surface area (Å²) in [6.45, 7) is 1.97. The Morgan fingerprint density at radius 2 is 1.76 bits per heavy atom. The van der Waals surface area contributed by atoms with E-state index in [1.54, 1.807) is 6.20 Å². The summed E-state index contributed by atoms with van der Waals surface area (Å²) in [7, 11) is 0. The van der Waals surface area contributed by atoms with Gasteiger partial charge in [0, 0.05) is 46.5 Å². The standard InChI is InChI=1S/C30H30ClN3O3/c31-23-10-12-27(34-13-5-2-6-14-34)25(18-23)30(21-7-3-1-4-8-21)33-28(35)16-20-9-11-26-24(15-20)22(19-32-26)17-29(36)37/h1,3-4,7-12,15,18-19,30,32H,2,5-6,13-14,16-17H2,(H,33,35)(H,36,37). The molecule has 5 rings (SSSR count). The highest BCUT2D eigenvalue weighted by Crippen LogP contribution is 2.35. The van der Waals surface area contributed by atoms with Crippen LogP contribution in [0.5, 0.6) is 0 Å². The average molecular weight is 516 g/mol. The van der Waals surface area contributed by atoms with Crippen LogP contribution in [0, 0.1) is 0 Å². The van der Waals surface area contributed by atoms with E-state index in [1.165, 1.54) is 6.42 Å². The van der Waals surface area contributed by atoms with Crippen LogP contribution in [0.2, 0.25) is 5.02 Å². The first-order valence-electron chi connectivity index (χ1n) is 12.7. The Balaban J connectivity index is 1.44. The molecule has 1 amide bonds. The summed E-state index contributed by atoms with van der Waals surface area (Å²) in [5.41, 5.74) is 5.46. The van der Waals surface area contributed by atoms with Crippen molar-refractivity contribution in [3.63, 3.8) is 0 Å². The number of anilines is 1. The Kier molecular flexibility index (Phi) is 7.47. The van der Waals surface area contributed by atoms with E-state index in [2.05, 4.69) is 21.3 Å². The number of carbonyl (C=O) groups excluding carboxylic acids is 1. The van der Waals surface area contributed by atoms with Crippen LogP contribution in [0.1, 0.15) is 47.6 Å². The molecule has 4 aromatic rings. The summed E-state index contributed by atoms with van der Waals surface area (Å²) in [5.74, 6) is -1.01. The van der Waals surface area contributed by atoms with Gasteiger partial charge in [-0.25, -0.2) is 0 Å². The molecule has 0 radical (unpaired) electrons. The lowest BCUT2D eigenvalue weighted by atomic mass is 9.95. The third kappa shape index (κ3) is 5.81. The van der Waals surface area contributed by atoms with Gasteiger partial charge in [-0.15, -0.1) is 0 Å². The van der Waals surface area contributed by atoms with Gasteiger partial charge in [-0.1, -0.05) is 48.0 Å². The third-order valence-corrected chi connectivity index (χ3v) is 7.21. The quantitative estimate of drug-likeness (QED) is 0.273. The number of rotatable bonds is 8. The van der Waals surface area contributed by atoms with Gasteiger partial charge >= 0.3 is 5.97 Å². The Morgan fingerprint density at radius 1 is 0.973 bits per heavy atom. The number of amides is 1. The molecule has 6 nitrogen and oxygen atoms in total. The molecule has 1 aliphatic heterocycles.